The normalized spacial score (nSPS) is 11.0. The van der Waals surface area contributed by atoms with E-state index in [4.69, 9.17) is 9.47 Å². The molecule has 0 saturated heterocycles. The highest BCUT2D eigenvalue weighted by Crippen LogP contribution is 2.29. The lowest BCUT2D eigenvalue weighted by molar-refractivity contribution is -0.111. The second-order valence-corrected chi connectivity index (χ2v) is 7.12. The van der Waals surface area contributed by atoms with Crippen molar-refractivity contribution in [1.82, 2.24) is 9.78 Å². The van der Waals surface area contributed by atoms with Crippen molar-refractivity contribution in [3.8, 4) is 11.5 Å². The van der Waals surface area contributed by atoms with Gasteiger partial charge in [0.1, 0.15) is 11.5 Å². The first-order valence-corrected chi connectivity index (χ1v) is 9.72. The molecule has 6 nitrogen and oxygen atoms in total. The van der Waals surface area contributed by atoms with Gasteiger partial charge in [0.25, 0.3) is 0 Å². The molecule has 0 aliphatic carbocycles. The van der Waals surface area contributed by atoms with Gasteiger partial charge in [-0.2, -0.15) is 5.10 Å². The average Bonchev–Trinajstić information content (AvgIpc) is 3.00. The summed E-state index contributed by atoms with van der Waals surface area (Å²) >= 11 is 0. The summed E-state index contributed by atoms with van der Waals surface area (Å²) in [4.78, 5) is 12.5. The second-order valence-electron chi connectivity index (χ2n) is 7.12. The SMILES string of the molecule is COc1ccc(OC)c(NC(=O)/C=C/c2c(C)nn(Cc3ccc(C)cc3)c2C)c1. The lowest BCUT2D eigenvalue weighted by Gasteiger charge is -2.10. The molecule has 0 bridgehead atoms. The van der Waals surface area contributed by atoms with E-state index in [0.29, 0.717) is 23.7 Å². The van der Waals surface area contributed by atoms with Crippen LogP contribution in [-0.4, -0.2) is 29.9 Å². The van der Waals surface area contributed by atoms with Gasteiger partial charge in [0, 0.05) is 23.4 Å². The van der Waals surface area contributed by atoms with Gasteiger partial charge in [-0.1, -0.05) is 29.8 Å². The number of aromatic nitrogens is 2. The van der Waals surface area contributed by atoms with Crippen LogP contribution >= 0.6 is 0 Å². The molecule has 0 fully saturated rings. The first kappa shape index (κ1) is 21.2. The fraction of sp³-hybridized carbons (Fsp3) is 0.250. The van der Waals surface area contributed by atoms with E-state index in [2.05, 4.69) is 41.6 Å². The Morgan fingerprint density at radius 3 is 2.47 bits per heavy atom. The van der Waals surface area contributed by atoms with Crippen molar-refractivity contribution >= 4 is 17.7 Å². The molecule has 3 rings (SSSR count). The fourth-order valence-electron chi connectivity index (χ4n) is 3.22. The number of amides is 1. The van der Waals surface area contributed by atoms with Crippen LogP contribution in [0.2, 0.25) is 0 Å². The number of ether oxygens (including phenoxy) is 2. The summed E-state index contributed by atoms with van der Waals surface area (Å²) in [5.41, 5.74) is 5.79. The van der Waals surface area contributed by atoms with Crippen molar-refractivity contribution in [2.75, 3.05) is 19.5 Å². The van der Waals surface area contributed by atoms with Gasteiger partial charge >= 0.3 is 0 Å². The number of hydrogen-bond donors (Lipinski definition) is 1. The number of nitrogens with one attached hydrogen (secondary N) is 1. The molecule has 0 spiro atoms. The number of hydrogen-bond acceptors (Lipinski definition) is 4. The molecule has 156 valence electrons. The van der Waals surface area contributed by atoms with Gasteiger partial charge < -0.3 is 14.8 Å². The molecule has 0 radical (unpaired) electrons. The monoisotopic (exact) mass is 405 g/mol. The number of aryl methyl sites for hydroxylation is 2. The summed E-state index contributed by atoms with van der Waals surface area (Å²) in [6.45, 7) is 6.72. The van der Waals surface area contributed by atoms with Crippen molar-refractivity contribution in [3.63, 3.8) is 0 Å². The minimum Gasteiger partial charge on any atom is -0.497 e. The van der Waals surface area contributed by atoms with Gasteiger partial charge in [0.2, 0.25) is 5.91 Å². The molecule has 0 atom stereocenters. The van der Waals surface area contributed by atoms with Gasteiger partial charge in [0.15, 0.2) is 0 Å². The van der Waals surface area contributed by atoms with Gasteiger partial charge in [0.05, 0.1) is 32.1 Å². The van der Waals surface area contributed by atoms with E-state index in [9.17, 15) is 4.79 Å². The van der Waals surface area contributed by atoms with Gasteiger partial charge in [-0.15, -0.1) is 0 Å². The molecule has 30 heavy (non-hydrogen) atoms. The first-order chi connectivity index (χ1) is 14.4. The zero-order valence-electron chi connectivity index (χ0n) is 18.0. The molecule has 6 heteroatoms. The summed E-state index contributed by atoms with van der Waals surface area (Å²) in [5, 5.41) is 7.48. The van der Waals surface area contributed by atoms with Crippen LogP contribution in [0.1, 0.15) is 28.1 Å². The Balaban J connectivity index is 1.75. The topological polar surface area (TPSA) is 65.4 Å². The third-order valence-electron chi connectivity index (χ3n) is 4.96. The average molecular weight is 405 g/mol. The number of methoxy groups -OCH3 is 2. The van der Waals surface area contributed by atoms with Crippen LogP contribution in [0.4, 0.5) is 5.69 Å². The van der Waals surface area contributed by atoms with Gasteiger partial charge in [-0.3, -0.25) is 9.48 Å². The Morgan fingerprint density at radius 2 is 1.80 bits per heavy atom. The lowest BCUT2D eigenvalue weighted by atomic mass is 10.1. The molecule has 1 heterocycles. The number of carbonyl (C=O) groups is 1. The van der Waals surface area contributed by atoms with Crippen LogP contribution in [0.15, 0.2) is 48.5 Å². The zero-order valence-corrected chi connectivity index (χ0v) is 18.0. The van der Waals surface area contributed by atoms with Crippen molar-refractivity contribution in [2.24, 2.45) is 0 Å². The minimum absolute atomic E-state index is 0.258. The highest BCUT2D eigenvalue weighted by atomic mass is 16.5. The smallest absolute Gasteiger partial charge is 0.248 e. The molecule has 1 N–H and O–H groups in total. The van der Waals surface area contributed by atoms with E-state index in [1.807, 2.05) is 18.5 Å². The summed E-state index contributed by atoms with van der Waals surface area (Å²) in [6, 6.07) is 13.7. The van der Waals surface area contributed by atoms with Crippen LogP contribution in [-0.2, 0) is 11.3 Å². The maximum atomic E-state index is 12.5. The third kappa shape index (κ3) is 4.89. The second kappa shape index (κ2) is 9.31. The molecule has 0 aliphatic heterocycles. The molecule has 2 aromatic carbocycles. The number of anilines is 1. The summed E-state index contributed by atoms with van der Waals surface area (Å²) in [6.07, 6.45) is 3.30. The largest absolute Gasteiger partial charge is 0.497 e. The Hall–Kier alpha value is -3.54. The van der Waals surface area contributed by atoms with Gasteiger partial charge in [-0.05, 0) is 44.5 Å². The Labute approximate surface area is 177 Å². The van der Waals surface area contributed by atoms with E-state index in [-0.39, 0.29) is 5.91 Å². The van der Waals surface area contributed by atoms with E-state index < -0.39 is 0 Å². The minimum atomic E-state index is -0.258. The lowest BCUT2D eigenvalue weighted by Crippen LogP contribution is -2.09. The summed E-state index contributed by atoms with van der Waals surface area (Å²) < 4.78 is 12.5. The maximum absolute atomic E-state index is 12.5. The third-order valence-corrected chi connectivity index (χ3v) is 4.96. The van der Waals surface area contributed by atoms with Crippen molar-refractivity contribution in [2.45, 2.75) is 27.3 Å². The quantitative estimate of drug-likeness (QED) is 0.587. The molecule has 0 aliphatic rings. The van der Waals surface area contributed by atoms with Crippen LogP contribution < -0.4 is 14.8 Å². The molecule has 0 unspecified atom stereocenters. The van der Waals surface area contributed by atoms with Gasteiger partial charge in [-0.25, -0.2) is 0 Å². The molecule has 0 saturated carbocycles. The highest BCUT2D eigenvalue weighted by Gasteiger charge is 2.11. The molecular formula is C24H27N3O3. The van der Waals surface area contributed by atoms with Crippen molar-refractivity contribution in [3.05, 3.63) is 76.6 Å². The maximum Gasteiger partial charge on any atom is 0.248 e. The van der Waals surface area contributed by atoms with Crippen LogP contribution in [0, 0.1) is 20.8 Å². The Bertz CT molecular complexity index is 1070. The summed E-state index contributed by atoms with van der Waals surface area (Å²) in [7, 11) is 3.13. The first-order valence-electron chi connectivity index (χ1n) is 9.72. The number of carbonyl (C=O) groups excluding carboxylic acids is 1. The molecular weight excluding hydrogens is 378 g/mol. The molecule has 3 aromatic rings. The number of nitrogens with zero attached hydrogens (tertiary/aromatic N) is 2. The van der Waals surface area contributed by atoms with Crippen molar-refractivity contribution in [1.29, 1.82) is 0 Å². The van der Waals surface area contributed by atoms with Crippen molar-refractivity contribution < 1.29 is 14.3 Å². The number of benzene rings is 2. The fourth-order valence-corrected chi connectivity index (χ4v) is 3.22. The zero-order chi connectivity index (χ0) is 21.7. The van der Waals surface area contributed by atoms with E-state index in [0.717, 1.165) is 17.0 Å². The van der Waals surface area contributed by atoms with E-state index in [1.54, 1.807) is 38.5 Å². The Kier molecular flexibility index (Phi) is 6.57. The molecule has 1 aromatic heterocycles. The predicted molar refractivity (Wildman–Crippen MR) is 119 cm³/mol. The predicted octanol–water partition coefficient (Wildman–Crippen LogP) is 4.53. The standard InChI is InChI=1S/C24H27N3O3/c1-16-6-8-19(9-7-16)15-27-18(3)21(17(2)26-27)11-13-24(28)25-22-14-20(29-4)10-12-23(22)30-5/h6-14H,15H2,1-5H3,(H,25,28)/b13-11+. The molecule has 1 amide bonds. The van der Waals surface area contributed by atoms with E-state index in [1.165, 1.54) is 17.2 Å². The van der Waals surface area contributed by atoms with Crippen LogP contribution in [0.5, 0.6) is 11.5 Å². The highest BCUT2D eigenvalue weighted by molar-refractivity contribution is 6.03. The van der Waals surface area contributed by atoms with E-state index >= 15 is 0 Å². The summed E-state index contributed by atoms with van der Waals surface area (Å²) in [5.74, 6) is 0.946. The van der Waals surface area contributed by atoms with Crippen LogP contribution in [0.25, 0.3) is 6.08 Å². The number of rotatable bonds is 7. The van der Waals surface area contributed by atoms with Crippen LogP contribution in [0.3, 0.4) is 0 Å². The Morgan fingerprint density at radius 1 is 1.07 bits per heavy atom.